The topological polar surface area (TPSA) is 100 Å². The van der Waals surface area contributed by atoms with Gasteiger partial charge in [-0.05, 0) is 43.3 Å². The van der Waals surface area contributed by atoms with Crippen LogP contribution in [0.15, 0.2) is 59.7 Å². The minimum Gasteiger partial charge on any atom is -0.497 e. The molecular weight excluding hydrogens is 362 g/mol. The van der Waals surface area contributed by atoms with E-state index < -0.39 is 6.04 Å². The number of carbonyl (C=O) groups excluding carboxylic acids is 1. The van der Waals surface area contributed by atoms with Crippen molar-refractivity contribution < 1.29 is 14.3 Å². The Labute approximate surface area is 161 Å². The van der Waals surface area contributed by atoms with Crippen LogP contribution in [-0.2, 0) is 4.79 Å². The Balaban J connectivity index is 1.55. The van der Waals surface area contributed by atoms with Crippen LogP contribution in [-0.4, -0.2) is 45.7 Å². The number of rotatable bonds is 8. The molecule has 146 valence electrons. The molecule has 9 heteroatoms. The van der Waals surface area contributed by atoms with Gasteiger partial charge in [0, 0.05) is 18.5 Å². The SMILES string of the molecule is COc1ccc(OCCNC(=O)C(C)n2nc(-n3cccn3)ccc2=O)cc1. The van der Waals surface area contributed by atoms with E-state index in [1.807, 2.05) is 0 Å². The molecule has 0 fully saturated rings. The third-order valence-corrected chi connectivity index (χ3v) is 4.03. The number of carbonyl (C=O) groups is 1. The summed E-state index contributed by atoms with van der Waals surface area (Å²) in [6, 6.07) is 11.0. The van der Waals surface area contributed by atoms with Crippen LogP contribution < -0.4 is 20.3 Å². The van der Waals surface area contributed by atoms with Crippen molar-refractivity contribution in [2.24, 2.45) is 0 Å². The quantitative estimate of drug-likeness (QED) is 0.587. The second-order valence-electron chi connectivity index (χ2n) is 5.92. The normalized spacial score (nSPS) is 11.6. The standard InChI is InChI=1S/C19H21N5O4/c1-14(24-18(25)9-8-17(22-24)23-12-3-10-21-23)19(26)20-11-13-28-16-6-4-15(27-2)5-7-16/h3-10,12,14H,11,13H2,1-2H3,(H,20,26). The van der Waals surface area contributed by atoms with Crippen LogP contribution in [0.2, 0.25) is 0 Å². The number of benzene rings is 1. The Morgan fingerprint density at radius 2 is 1.93 bits per heavy atom. The summed E-state index contributed by atoms with van der Waals surface area (Å²) in [5.74, 6) is 1.54. The second kappa shape index (κ2) is 8.85. The molecule has 0 aliphatic carbocycles. The molecule has 0 radical (unpaired) electrons. The largest absolute Gasteiger partial charge is 0.497 e. The van der Waals surface area contributed by atoms with E-state index in [-0.39, 0.29) is 11.5 Å². The first kappa shape index (κ1) is 19.2. The fourth-order valence-electron chi connectivity index (χ4n) is 2.49. The second-order valence-corrected chi connectivity index (χ2v) is 5.92. The van der Waals surface area contributed by atoms with E-state index in [2.05, 4.69) is 15.5 Å². The summed E-state index contributed by atoms with van der Waals surface area (Å²) in [6.45, 7) is 2.20. The highest BCUT2D eigenvalue weighted by atomic mass is 16.5. The first-order valence-electron chi connectivity index (χ1n) is 8.73. The van der Waals surface area contributed by atoms with Gasteiger partial charge in [0.1, 0.15) is 24.1 Å². The van der Waals surface area contributed by atoms with Gasteiger partial charge in [-0.2, -0.15) is 5.10 Å². The highest BCUT2D eigenvalue weighted by Crippen LogP contribution is 2.16. The monoisotopic (exact) mass is 383 g/mol. The molecule has 3 rings (SSSR count). The molecule has 3 aromatic rings. The molecule has 2 aromatic heterocycles. The molecule has 2 heterocycles. The van der Waals surface area contributed by atoms with E-state index in [0.717, 1.165) is 10.4 Å². The Bertz CT molecular complexity index is 967. The molecular formula is C19H21N5O4. The van der Waals surface area contributed by atoms with E-state index in [4.69, 9.17) is 9.47 Å². The van der Waals surface area contributed by atoms with Gasteiger partial charge in [0.2, 0.25) is 5.91 Å². The molecule has 0 saturated heterocycles. The lowest BCUT2D eigenvalue weighted by Crippen LogP contribution is -2.38. The van der Waals surface area contributed by atoms with Gasteiger partial charge in [0.15, 0.2) is 5.82 Å². The van der Waals surface area contributed by atoms with Gasteiger partial charge >= 0.3 is 0 Å². The summed E-state index contributed by atoms with van der Waals surface area (Å²) in [7, 11) is 1.59. The van der Waals surface area contributed by atoms with Crippen LogP contribution in [0.3, 0.4) is 0 Å². The molecule has 1 unspecified atom stereocenters. The van der Waals surface area contributed by atoms with Crippen LogP contribution in [0.1, 0.15) is 13.0 Å². The average Bonchev–Trinajstić information content (AvgIpc) is 3.26. The molecule has 28 heavy (non-hydrogen) atoms. The summed E-state index contributed by atoms with van der Waals surface area (Å²) in [6.07, 6.45) is 3.31. The van der Waals surface area contributed by atoms with Crippen molar-refractivity contribution in [2.75, 3.05) is 20.3 Å². The van der Waals surface area contributed by atoms with E-state index in [9.17, 15) is 9.59 Å². The fraction of sp³-hybridized carbons (Fsp3) is 0.263. The number of amides is 1. The molecule has 0 aliphatic rings. The zero-order chi connectivity index (χ0) is 19.9. The van der Waals surface area contributed by atoms with Gasteiger partial charge in [-0.25, -0.2) is 9.36 Å². The summed E-state index contributed by atoms with van der Waals surface area (Å²) in [5.41, 5.74) is -0.368. The van der Waals surface area contributed by atoms with Crippen LogP contribution in [0.4, 0.5) is 0 Å². The molecule has 0 bridgehead atoms. The summed E-state index contributed by atoms with van der Waals surface area (Å²) in [5, 5.41) is 11.0. The van der Waals surface area contributed by atoms with E-state index in [1.165, 1.54) is 10.7 Å². The maximum Gasteiger partial charge on any atom is 0.267 e. The van der Waals surface area contributed by atoms with E-state index in [0.29, 0.717) is 24.7 Å². The van der Waals surface area contributed by atoms with Crippen LogP contribution in [0.25, 0.3) is 5.82 Å². The van der Waals surface area contributed by atoms with Gasteiger partial charge in [0.05, 0.1) is 13.7 Å². The number of nitrogens with one attached hydrogen (secondary N) is 1. The predicted octanol–water partition coefficient (Wildman–Crippen LogP) is 1.19. The van der Waals surface area contributed by atoms with Crippen molar-refractivity contribution in [1.29, 1.82) is 0 Å². The molecule has 1 atom stereocenters. The van der Waals surface area contributed by atoms with Crippen LogP contribution >= 0.6 is 0 Å². The molecule has 9 nitrogen and oxygen atoms in total. The lowest BCUT2D eigenvalue weighted by Gasteiger charge is -2.15. The molecule has 1 aromatic carbocycles. The van der Waals surface area contributed by atoms with Crippen LogP contribution in [0.5, 0.6) is 11.5 Å². The van der Waals surface area contributed by atoms with Crippen molar-refractivity contribution in [1.82, 2.24) is 24.9 Å². The molecule has 0 aliphatic heterocycles. The Hall–Kier alpha value is -3.62. The number of hydrogen-bond donors (Lipinski definition) is 1. The number of ether oxygens (including phenoxy) is 2. The molecule has 1 N–H and O–H groups in total. The van der Waals surface area contributed by atoms with Gasteiger partial charge in [-0.1, -0.05) is 0 Å². The average molecular weight is 383 g/mol. The maximum absolute atomic E-state index is 12.4. The van der Waals surface area contributed by atoms with Crippen LogP contribution in [0, 0.1) is 0 Å². The zero-order valence-electron chi connectivity index (χ0n) is 15.6. The Morgan fingerprint density at radius 1 is 1.18 bits per heavy atom. The summed E-state index contributed by atoms with van der Waals surface area (Å²) < 4.78 is 13.3. The van der Waals surface area contributed by atoms with Crippen molar-refractivity contribution in [3.8, 4) is 17.3 Å². The Morgan fingerprint density at radius 3 is 2.61 bits per heavy atom. The number of hydrogen-bond acceptors (Lipinski definition) is 6. The van der Waals surface area contributed by atoms with E-state index in [1.54, 1.807) is 62.8 Å². The third kappa shape index (κ3) is 4.56. The first-order chi connectivity index (χ1) is 13.6. The number of nitrogens with zero attached hydrogens (tertiary/aromatic N) is 4. The number of methoxy groups -OCH3 is 1. The third-order valence-electron chi connectivity index (χ3n) is 4.03. The predicted molar refractivity (Wildman–Crippen MR) is 102 cm³/mol. The summed E-state index contributed by atoms with van der Waals surface area (Å²) in [4.78, 5) is 24.5. The Kier molecular flexibility index (Phi) is 6.05. The molecule has 0 spiro atoms. The highest BCUT2D eigenvalue weighted by molar-refractivity contribution is 5.79. The lowest BCUT2D eigenvalue weighted by molar-refractivity contribution is -0.124. The summed E-state index contributed by atoms with van der Waals surface area (Å²) >= 11 is 0. The van der Waals surface area contributed by atoms with Gasteiger partial charge in [-0.15, -0.1) is 5.10 Å². The van der Waals surface area contributed by atoms with E-state index >= 15 is 0 Å². The van der Waals surface area contributed by atoms with Crippen molar-refractivity contribution in [2.45, 2.75) is 13.0 Å². The minimum atomic E-state index is -0.774. The fourth-order valence-corrected chi connectivity index (χ4v) is 2.49. The smallest absolute Gasteiger partial charge is 0.267 e. The van der Waals surface area contributed by atoms with Gasteiger partial charge in [-0.3, -0.25) is 9.59 Å². The maximum atomic E-state index is 12.4. The highest BCUT2D eigenvalue weighted by Gasteiger charge is 2.17. The van der Waals surface area contributed by atoms with Crippen molar-refractivity contribution in [3.05, 3.63) is 65.2 Å². The van der Waals surface area contributed by atoms with Gasteiger partial charge < -0.3 is 14.8 Å². The minimum absolute atomic E-state index is 0.292. The van der Waals surface area contributed by atoms with Crippen molar-refractivity contribution in [3.63, 3.8) is 0 Å². The van der Waals surface area contributed by atoms with Gasteiger partial charge in [0.25, 0.3) is 5.56 Å². The molecule has 1 amide bonds. The first-order valence-corrected chi connectivity index (χ1v) is 8.73. The molecule has 0 saturated carbocycles. The zero-order valence-corrected chi connectivity index (χ0v) is 15.6. The lowest BCUT2D eigenvalue weighted by atomic mass is 10.3. The number of aromatic nitrogens is 4. The van der Waals surface area contributed by atoms with Crippen molar-refractivity contribution >= 4 is 5.91 Å².